The molecule has 1 fully saturated rings. The average molecular weight is 261 g/mol. The second-order valence-electron chi connectivity index (χ2n) is 5.82. The van der Waals surface area contributed by atoms with Gasteiger partial charge < -0.3 is 9.84 Å². The summed E-state index contributed by atoms with van der Waals surface area (Å²) in [6.07, 6.45) is 0.709. The average Bonchev–Trinajstić information content (AvgIpc) is 2.82. The molecule has 0 aromatic heterocycles. The summed E-state index contributed by atoms with van der Waals surface area (Å²) in [6.45, 7) is 4.59. The van der Waals surface area contributed by atoms with Crippen LogP contribution in [0.15, 0.2) is 24.3 Å². The molecule has 1 saturated heterocycles. The molecule has 19 heavy (non-hydrogen) atoms. The highest BCUT2D eigenvalue weighted by molar-refractivity contribution is 5.74. The van der Waals surface area contributed by atoms with Gasteiger partial charge in [0.1, 0.15) is 0 Å². The number of carboxylic acid groups (broad SMARTS) is 1. The first-order valence-electron chi connectivity index (χ1n) is 6.73. The molecule has 2 unspecified atom stereocenters. The summed E-state index contributed by atoms with van der Waals surface area (Å²) in [5, 5.41) is 9.33. The molecule has 0 bridgehead atoms. The predicted molar refractivity (Wildman–Crippen MR) is 70.8 cm³/mol. The third kappa shape index (κ3) is 2.15. The van der Waals surface area contributed by atoms with E-state index in [9.17, 15) is 9.90 Å². The molecular weight excluding hydrogens is 242 g/mol. The van der Waals surface area contributed by atoms with Gasteiger partial charge in [0.15, 0.2) is 0 Å². The van der Waals surface area contributed by atoms with Gasteiger partial charge in [-0.2, -0.15) is 0 Å². The lowest BCUT2D eigenvalue weighted by atomic mass is 9.90. The van der Waals surface area contributed by atoms with Gasteiger partial charge in [0.25, 0.3) is 0 Å². The monoisotopic (exact) mass is 261 g/mol. The van der Waals surface area contributed by atoms with E-state index in [0.717, 1.165) is 6.54 Å². The van der Waals surface area contributed by atoms with Crippen molar-refractivity contribution in [3.63, 3.8) is 0 Å². The highest BCUT2D eigenvalue weighted by Gasteiger charge is 2.43. The number of likely N-dealkylation sites (tertiary alicyclic amines) is 1. The molecule has 102 valence electrons. The molecular formula is C15H19NO3. The SMILES string of the molecule is CC1(C(=O)O)CCN(C2COCc3ccccc32)C1. The fourth-order valence-electron chi connectivity index (χ4n) is 3.10. The van der Waals surface area contributed by atoms with Crippen LogP contribution in [0.1, 0.15) is 30.5 Å². The van der Waals surface area contributed by atoms with Gasteiger partial charge in [-0.3, -0.25) is 9.69 Å². The molecule has 3 rings (SSSR count). The van der Waals surface area contributed by atoms with Crippen molar-refractivity contribution in [2.75, 3.05) is 19.7 Å². The number of carbonyl (C=O) groups is 1. The third-order valence-electron chi connectivity index (χ3n) is 4.41. The van der Waals surface area contributed by atoms with Crippen molar-refractivity contribution in [2.24, 2.45) is 5.41 Å². The Morgan fingerprint density at radius 1 is 1.47 bits per heavy atom. The zero-order valence-corrected chi connectivity index (χ0v) is 11.1. The fourth-order valence-corrected chi connectivity index (χ4v) is 3.10. The fraction of sp³-hybridized carbons (Fsp3) is 0.533. The van der Waals surface area contributed by atoms with Gasteiger partial charge in [0.2, 0.25) is 0 Å². The summed E-state index contributed by atoms with van der Waals surface area (Å²) in [4.78, 5) is 13.6. The van der Waals surface area contributed by atoms with Crippen LogP contribution >= 0.6 is 0 Å². The standard InChI is InChI=1S/C15H19NO3/c1-15(14(17)18)6-7-16(10-15)13-9-19-8-11-4-2-3-5-12(11)13/h2-5,13H,6-10H2,1H3,(H,17,18). The quantitative estimate of drug-likeness (QED) is 0.885. The summed E-state index contributed by atoms with van der Waals surface area (Å²) in [5.41, 5.74) is 1.90. The maximum Gasteiger partial charge on any atom is 0.310 e. The van der Waals surface area contributed by atoms with Crippen molar-refractivity contribution in [3.05, 3.63) is 35.4 Å². The molecule has 0 aliphatic carbocycles. The molecule has 1 aromatic carbocycles. The number of fused-ring (bicyclic) bond motifs is 1. The molecule has 0 saturated carbocycles. The molecule has 2 atom stereocenters. The smallest absolute Gasteiger partial charge is 0.310 e. The van der Waals surface area contributed by atoms with Crippen LogP contribution in [0.4, 0.5) is 0 Å². The Bertz CT molecular complexity index is 502. The maximum atomic E-state index is 11.3. The van der Waals surface area contributed by atoms with Crippen LogP contribution in [0.3, 0.4) is 0 Å². The molecule has 0 amide bonds. The normalized spacial score (nSPS) is 31.1. The zero-order chi connectivity index (χ0) is 13.5. The zero-order valence-electron chi connectivity index (χ0n) is 11.1. The molecule has 1 N–H and O–H groups in total. The van der Waals surface area contributed by atoms with Gasteiger partial charge in [0, 0.05) is 13.1 Å². The number of ether oxygens (including phenoxy) is 1. The van der Waals surface area contributed by atoms with Gasteiger partial charge in [-0.15, -0.1) is 0 Å². The second-order valence-corrected chi connectivity index (χ2v) is 5.82. The van der Waals surface area contributed by atoms with Gasteiger partial charge in [-0.1, -0.05) is 24.3 Å². The number of rotatable bonds is 2. The van der Waals surface area contributed by atoms with Crippen molar-refractivity contribution in [1.29, 1.82) is 0 Å². The molecule has 2 aliphatic heterocycles. The van der Waals surface area contributed by atoms with Gasteiger partial charge >= 0.3 is 5.97 Å². The van der Waals surface area contributed by atoms with Crippen molar-refractivity contribution >= 4 is 5.97 Å². The van der Waals surface area contributed by atoms with E-state index in [4.69, 9.17) is 4.74 Å². The Kier molecular flexibility index (Phi) is 3.07. The first-order valence-corrected chi connectivity index (χ1v) is 6.73. The first kappa shape index (κ1) is 12.6. The van der Waals surface area contributed by atoms with E-state index in [0.29, 0.717) is 26.2 Å². The highest BCUT2D eigenvalue weighted by Crippen LogP contribution is 2.38. The Balaban J connectivity index is 1.84. The van der Waals surface area contributed by atoms with Gasteiger partial charge in [-0.05, 0) is 24.5 Å². The van der Waals surface area contributed by atoms with E-state index in [2.05, 4.69) is 17.0 Å². The molecule has 1 aromatic rings. The summed E-state index contributed by atoms with van der Waals surface area (Å²) < 4.78 is 5.66. The number of nitrogens with zero attached hydrogens (tertiary/aromatic N) is 1. The van der Waals surface area contributed by atoms with Crippen LogP contribution in [0.2, 0.25) is 0 Å². The van der Waals surface area contributed by atoms with Crippen LogP contribution in [0, 0.1) is 5.41 Å². The minimum atomic E-state index is -0.694. The lowest BCUT2D eigenvalue weighted by Gasteiger charge is -2.33. The first-order chi connectivity index (χ1) is 9.10. The van der Waals surface area contributed by atoms with Crippen LogP contribution in [0.25, 0.3) is 0 Å². The Morgan fingerprint density at radius 3 is 3.00 bits per heavy atom. The molecule has 0 spiro atoms. The Morgan fingerprint density at radius 2 is 2.26 bits per heavy atom. The molecule has 0 radical (unpaired) electrons. The summed E-state index contributed by atoms with van der Waals surface area (Å²) >= 11 is 0. The van der Waals surface area contributed by atoms with E-state index in [1.165, 1.54) is 11.1 Å². The number of benzene rings is 1. The summed E-state index contributed by atoms with van der Waals surface area (Å²) in [7, 11) is 0. The number of carboxylic acids is 1. The van der Waals surface area contributed by atoms with Crippen molar-refractivity contribution in [2.45, 2.75) is 26.0 Å². The minimum absolute atomic E-state index is 0.200. The lowest BCUT2D eigenvalue weighted by Crippen LogP contribution is -2.36. The summed E-state index contributed by atoms with van der Waals surface area (Å²) in [6, 6.07) is 8.50. The van der Waals surface area contributed by atoms with E-state index >= 15 is 0 Å². The van der Waals surface area contributed by atoms with Crippen LogP contribution in [-0.4, -0.2) is 35.7 Å². The number of hydrogen-bond donors (Lipinski definition) is 1. The predicted octanol–water partition coefficient (Wildman–Crippen LogP) is 2.05. The maximum absolute atomic E-state index is 11.3. The Hall–Kier alpha value is -1.39. The largest absolute Gasteiger partial charge is 0.481 e. The van der Waals surface area contributed by atoms with E-state index in [-0.39, 0.29) is 6.04 Å². The van der Waals surface area contributed by atoms with Crippen molar-refractivity contribution in [3.8, 4) is 0 Å². The highest BCUT2D eigenvalue weighted by atomic mass is 16.5. The van der Waals surface area contributed by atoms with Crippen LogP contribution in [-0.2, 0) is 16.1 Å². The van der Waals surface area contributed by atoms with Crippen molar-refractivity contribution in [1.82, 2.24) is 4.90 Å². The number of hydrogen-bond acceptors (Lipinski definition) is 3. The molecule has 4 nitrogen and oxygen atoms in total. The van der Waals surface area contributed by atoms with Crippen molar-refractivity contribution < 1.29 is 14.6 Å². The van der Waals surface area contributed by atoms with Gasteiger partial charge in [0.05, 0.1) is 24.7 Å². The summed E-state index contributed by atoms with van der Waals surface area (Å²) in [5.74, 6) is -0.694. The lowest BCUT2D eigenvalue weighted by molar-refractivity contribution is -0.147. The molecule has 4 heteroatoms. The third-order valence-corrected chi connectivity index (χ3v) is 4.41. The van der Waals surface area contributed by atoms with Crippen LogP contribution < -0.4 is 0 Å². The minimum Gasteiger partial charge on any atom is -0.481 e. The van der Waals surface area contributed by atoms with E-state index in [1.807, 2.05) is 19.1 Å². The van der Waals surface area contributed by atoms with E-state index < -0.39 is 11.4 Å². The Labute approximate surface area is 113 Å². The van der Waals surface area contributed by atoms with Gasteiger partial charge in [-0.25, -0.2) is 0 Å². The molecule has 2 aliphatic rings. The van der Waals surface area contributed by atoms with Crippen LogP contribution in [0.5, 0.6) is 0 Å². The molecule has 2 heterocycles. The number of aliphatic carboxylic acids is 1. The second kappa shape index (κ2) is 4.62. The topological polar surface area (TPSA) is 49.8 Å². The van der Waals surface area contributed by atoms with E-state index in [1.54, 1.807) is 0 Å².